The van der Waals surface area contributed by atoms with Crippen molar-refractivity contribution in [3.63, 3.8) is 0 Å². The Morgan fingerprint density at radius 1 is 1.20 bits per heavy atom. The van der Waals surface area contributed by atoms with E-state index in [9.17, 15) is 0 Å². The zero-order valence-corrected chi connectivity index (χ0v) is 11.5. The van der Waals surface area contributed by atoms with Gasteiger partial charge in [-0.3, -0.25) is 0 Å². The summed E-state index contributed by atoms with van der Waals surface area (Å²) in [5.74, 6) is 1.18. The molecule has 0 aliphatic heterocycles. The van der Waals surface area contributed by atoms with E-state index in [-0.39, 0.29) is 5.41 Å². The van der Waals surface area contributed by atoms with Crippen LogP contribution in [0.4, 0.5) is 0 Å². The maximum atomic E-state index is 6.03. The molecule has 20 heavy (non-hydrogen) atoms. The number of hydrogen-bond acceptors (Lipinski definition) is 6. The Morgan fingerprint density at radius 3 is 2.65 bits per heavy atom. The largest absolute Gasteiger partial charge is 0.338 e. The summed E-state index contributed by atoms with van der Waals surface area (Å²) in [6.07, 6.45) is 10.1. The van der Waals surface area contributed by atoms with Crippen molar-refractivity contribution in [1.82, 2.24) is 20.1 Å². The molecule has 1 aliphatic carbocycles. The number of hydrogen-bond donors (Lipinski definition) is 1. The van der Waals surface area contributed by atoms with Crippen molar-refractivity contribution in [2.24, 2.45) is 5.73 Å². The van der Waals surface area contributed by atoms with Crippen molar-refractivity contribution >= 4 is 0 Å². The van der Waals surface area contributed by atoms with E-state index in [1.807, 2.05) is 0 Å². The van der Waals surface area contributed by atoms with Crippen LogP contribution in [0.1, 0.15) is 44.4 Å². The second-order valence-electron chi connectivity index (χ2n) is 5.42. The molecule has 6 nitrogen and oxygen atoms in total. The summed E-state index contributed by atoms with van der Waals surface area (Å²) in [4.78, 5) is 12.6. The highest BCUT2D eigenvalue weighted by atomic mass is 16.5. The maximum absolute atomic E-state index is 6.03. The van der Waals surface area contributed by atoms with Gasteiger partial charge in [0.1, 0.15) is 12.0 Å². The topological polar surface area (TPSA) is 90.7 Å². The molecule has 1 saturated carbocycles. The van der Waals surface area contributed by atoms with Crippen LogP contribution in [0.15, 0.2) is 23.1 Å². The first kappa shape index (κ1) is 13.2. The van der Waals surface area contributed by atoms with Gasteiger partial charge in [-0.2, -0.15) is 4.98 Å². The molecule has 0 atom stereocenters. The minimum absolute atomic E-state index is 0.158. The first-order chi connectivity index (χ1) is 9.84. The van der Waals surface area contributed by atoms with Gasteiger partial charge in [-0.1, -0.05) is 30.8 Å². The first-order valence-corrected chi connectivity index (χ1v) is 7.15. The molecular weight excluding hydrogens is 254 g/mol. The molecule has 2 N–H and O–H groups in total. The Kier molecular flexibility index (Phi) is 3.73. The van der Waals surface area contributed by atoms with E-state index < -0.39 is 0 Å². The quantitative estimate of drug-likeness (QED) is 0.861. The van der Waals surface area contributed by atoms with Crippen LogP contribution < -0.4 is 5.73 Å². The zero-order valence-electron chi connectivity index (χ0n) is 11.5. The Balaban J connectivity index is 1.91. The van der Waals surface area contributed by atoms with Crippen molar-refractivity contribution in [3.8, 4) is 11.5 Å². The molecule has 0 radical (unpaired) electrons. The Bertz CT molecular complexity index is 546. The second kappa shape index (κ2) is 5.66. The van der Waals surface area contributed by atoms with Gasteiger partial charge in [-0.05, 0) is 18.9 Å². The fraction of sp³-hybridized carbons (Fsp3) is 0.571. The van der Waals surface area contributed by atoms with Crippen molar-refractivity contribution < 1.29 is 4.52 Å². The van der Waals surface area contributed by atoms with Gasteiger partial charge in [-0.25, -0.2) is 9.97 Å². The highest BCUT2D eigenvalue weighted by molar-refractivity contribution is 5.46. The van der Waals surface area contributed by atoms with Crippen molar-refractivity contribution in [2.45, 2.75) is 43.9 Å². The lowest BCUT2D eigenvalue weighted by Crippen LogP contribution is -2.35. The second-order valence-corrected chi connectivity index (χ2v) is 5.42. The molecule has 0 saturated heterocycles. The van der Waals surface area contributed by atoms with Gasteiger partial charge in [0.25, 0.3) is 0 Å². The average molecular weight is 273 g/mol. The molecular formula is C14H19N5O. The Morgan fingerprint density at radius 2 is 2.00 bits per heavy atom. The third-order valence-corrected chi connectivity index (χ3v) is 4.14. The predicted octanol–water partition coefficient (Wildman–Crippen LogP) is 2.08. The van der Waals surface area contributed by atoms with Crippen LogP contribution in [0.5, 0.6) is 0 Å². The van der Waals surface area contributed by atoms with E-state index in [0.717, 1.165) is 12.8 Å². The summed E-state index contributed by atoms with van der Waals surface area (Å²) >= 11 is 0. The predicted molar refractivity (Wildman–Crippen MR) is 73.8 cm³/mol. The van der Waals surface area contributed by atoms with Crippen LogP contribution in [-0.2, 0) is 5.41 Å². The molecule has 1 fully saturated rings. The molecule has 0 spiro atoms. The first-order valence-electron chi connectivity index (χ1n) is 7.15. The van der Waals surface area contributed by atoms with Gasteiger partial charge in [0.2, 0.25) is 11.7 Å². The van der Waals surface area contributed by atoms with Crippen LogP contribution in [-0.4, -0.2) is 26.7 Å². The van der Waals surface area contributed by atoms with E-state index in [1.165, 1.54) is 32.0 Å². The maximum Gasteiger partial charge on any atom is 0.234 e. The van der Waals surface area contributed by atoms with Crippen LogP contribution >= 0.6 is 0 Å². The Labute approximate surface area is 117 Å². The molecule has 2 aromatic rings. The van der Waals surface area contributed by atoms with Gasteiger partial charge in [0.15, 0.2) is 0 Å². The van der Waals surface area contributed by atoms with Crippen LogP contribution in [0.2, 0.25) is 0 Å². The number of rotatable bonds is 3. The van der Waals surface area contributed by atoms with E-state index in [0.29, 0.717) is 24.0 Å². The molecule has 6 heteroatoms. The summed E-state index contributed by atoms with van der Waals surface area (Å²) in [5.41, 5.74) is 6.55. The summed E-state index contributed by atoms with van der Waals surface area (Å²) in [7, 11) is 0. The number of nitrogens with two attached hydrogens (primary N) is 1. The number of aromatic nitrogens is 4. The van der Waals surface area contributed by atoms with Gasteiger partial charge in [-0.15, -0.1) is 0 Å². The lowest BCUT2D eigenvalue weighted by molar-refractivity contribution is 0.257. The van der Waals surface area contributed by atoms with E-state index in [1.54, 1.807) is 12.3 Å². The molecule has 2 heterocycles. The SMILES string of the molecule is NCC1(c2nc(-c3ccncn3)no2)CCCCCC1. The third kappa shape index (κ3) is 2.43. The normalized spacial score (nSPS) is 18.6. The van der Waals surface area contributed by atoms with Crippen molar-refractivity contribution in [2.75, 3.05) is 6.54 Å². The summed E-state index contributed by atoms with van der Waals surface area (Å²) in [5, 5.41) is 4.05. The van der Waals surface area contributed by atoms with E-state index in [4.69, 9.17) is 10.3 Å². The highest BCUT2D eigenvalue weighted by Gasteiger charge is 2.37. The summed E-state index contributed by atoms with van der Waals surface area (Å²) in [6.45, 7) is 0.554. The molecule has 0 amide bonds. The van der Waals surface area contributed by atoms with Gasteiger partial charge >= 0.3 is 0 Å². The van der Waals surface area contributed by atoms with Crippen LogP contribution in [0.3, 0.4) is 0 Å². The lowest BCUT2D eigenvalue weighted by Gasteiger charge is -2.26. The van der Waals surface area contributed by atoms with E-state index >= 15 is 0 Å². The number of nitrogens with zero attached hydrogens (tertiary/aromatic N) is 4. The summed E-state index contributed by atoms with van der Waals surface area (Å²) < 4.78 is 5.51. The van der Waals surface area contributed by atoms with Crippen LogP contribution in [0.25, 0.3) is 11.5 Å². The minimum atomic E-state index is -0.158. The molecule has 0 aromatic carbocycles. The van der Waals surface area contributed by atoms with E-state index in [2.05, 4.69) is 20.1 Å². The monoisotopic (exact) mass is 273 g/mol. The molecule has 106 valence electrons. The molecule has 0 bridgehead atoms. The molecule has 0 unspecified atom stereocenters. The fourth-order valence-electron chi connectivity index (χ4n) is 2.88. The highest BCUT2D eigenvalue weighted by Crippen LogP contribution is 2.37. The minimum Gasteiger partial charge on any atom is -0.338 e. The lowest BCUT2D eigenvalue weighted by atomic mass is 9.80. The van der Waals surface area contributed by atoms with Crippen molar-refractivity contribution in [3.05, 3.63) is 24.5 Å². The molecule has 3 rings (SSSR count). The molecule has 2 aromatic heterocycles. The van der Waals surface area contributed by atoms with Crippen molar-refractivity contribution in [1.29, 1.82) is 0 Å². The van der Waals surface area contributed by atoms with Gasteiger partial charge < -0.3 is 10.3 Å². The zero-order chi connectivity index (χ0) is 13.8. The Hall–Kier alpha value is -1.82. The van der Waals surface area contributed by atoms with Gasteiger partial charge in [0.05, 0.1) is 5.41 Å². The third-order valence-electron chi connectivity index (χ3n) is 4.14. The van der Waals surface area contributed by atoms with Gasteiger partial charge in [0, 0.05) is 12.7 Å². The standard InChI is InChI=1S/C14H19N5O/c15-9-14(6-3-1-2-4-7-14)13-18-12(19-20-13)11-5-8-16-10-17-11/h5,8,10H,1-4,6-7,9,15H2. The molecule has 1 aliphatic rings. The fourth-order valence-corrected chi connectivity index (χ4v) is 2.88. The average Bonchev–Trinajstić information content (AvgIpc) is 2.88. The summed E-state index contributed by atoms with van der Waals surface area (Å²) in [6, 6.07) is 1.77. The van der Waals surface area contributed by atoms with Crippen LogP contribution in [0, 0.1) is 0 Å². The smallest absolute Gasteiger partial charge is 0.234 e.